The Bertz CT molecular complexity index is 147. The topological polar surface area (TPSA) is 12.0 Å². The molecule has 1 rings (SSSR count). The minimum Gasteiger partial charge on any atom is -0.313 e. The van der Waals surface area contributed by atoms with E-state index in [9.17, 15) is 0 Å². The van der Waals surface area contributed by atoms with Gasteiger partial charge in [-0.2, -0.15) is 11.8 Å². The van der Waals surface area contributed by atoms with Gasteiger partial charge >= 0.3 is 0 Å². The summed E-state index contributed by atoms with van der Waals surface area (Å²) in [4.78, 5) is 0. The molecule has 1 aliphatic carbocycles. The summed E-state index contributed by atoms with van der Waals surface area (Å²) in [5.41, 5.74) is 0. The smallest absolute Gasteiger partial charge is 0.0130 e. The predicted molar refractivity (Wildman–Crippen MR) is 62.4 cm³/mol. The van der Waals surface area contributed by atoms with Gasteiger partial charge in [0.25, 0.3) is 0 Å². The maximum atomic E-state index is 3.60. The van der Waals surface area contributed by atoms with Crippen LogP contribution in [0.15, 0.2) is 0 Å². The summed E-state index contributed by atoms with van der Waals surface area (Å²) >= 11 is 2.05. The fraction of sp³-hybridized carbons (Fsp3) is 1.00. The first-order valence-electron chi connectivity index (χ1n) is 5.35. The second-order valence-corrected chi connectivity index (χ2v) is 7.02. The van der Waals surface area contributed by atoms with Gasteiger partial charge in [-0.05, 0) is 32.2 Å². The van der Waals surface area contributed by atoms with E-state index in [1.54, 1.807) is 0 Å². The molecule has 2 heteroatoms. The molecule has 0 aromatic rings. The number of hydrogen-bond acceptors (Lipinski definition) is 2. The second kappa shape index (κ2) is 4.70. The average molecular weight is 201 g/mol. The number of hydrogen-bond donors (Lipinski definition) is 1. The number of rotatable bonds is 5. The summed E-state index contributed by atoms with van der Waals surface area (Å²) in [6, 6.07) is 0.671. The van der Waals surface area contributed by atoms with Crippen LogP contribution in [0.1, 0.15) is 40.5 Å². The molecule has 0 radical (unpaired) electrons. The first-order valence-corrected chi connectivity index (χ1v) is 6.33. The van der Waals surface area contributed by atoms with Crippen LogP contribution >= 0.6 is 11.8 Å². The predicted octanol–water partition coefficient (Wildman–Crippen LogP) is 2.91. The fourth-order valence-electron chi connectivity index (χ4n) is 1.12. The van der Waals surface area contributed by atoms with Gasteiger partial charge in [-0.3, -0.25) is 0 Å². The maximum absolute atomic E-state index is 3.60. The van der Waals surface area contributed by atoms with Crippen molar-refractivity contribution in [2.45, 2.75) is 51.3 Å². The highest BCUT2D eigenvalue weighted by molar-refractivity contribution is 8.00. The summed E-state index contributed by atoms with van der Waals surface area (Å²) in [6.07, 6.45) is 2.90. The molecule has 13 heavy (non-hydrogen) atoms. The van der Waals surface area contributed by atoms with Crippen LogP contribution < -0.4 is 5.32 Å². The van der Waals surface area contributed by atoms with Crippen LogP contribution in [0.4, 0.5) is 0 Å². The third-order valence-corrected chi connectivity index (χ3v) is 3.75. The largest absolute Gasteiger partial charge is 0.313 e. The van der Waals surface area contributed by atoms with Gasteiger partial charge in [0.2, 0.25) is 0 Å². The van der Waals surface area contributed by atoms with E-state index in [2.05, 4.69) is 44.8 Å². The second-order valence-electron chi connectivity index (χ2n) is 5.18. The van der Waals surface area contributed by atoms with E-state index in [1.807, 2.05) is 0 Å². The average Bonchev–Trinajstić information content (AvgIpc) is 2.78. The van der Waals surface area contributed by atoms with Crippen LogP contribution in [-0.4, -0.2) is 23.1 Å². The van der Waals surface area contributed by atoms with E-state index in [0.29, 0.717) is 10.8 Å². The SMILES string of the molecule is CC(CSC(C)(C)C)NCC1CC1. The highest BCUT2D eigenvalue weighted by atomic mass is 32.2. The molecule has 0 aromatic carbocycles. The van der Waals surface area contributed by atoms with Crippen LogP contribution in [0.3, 0.4) is 0 Å². The molecule has 1 atom stereocenters. The molecule has 0 aliphatic heterocycles. The Morgan fingerprint density at radius 2 is 2.00 bits per heavy atom. The zero-order valence-electron chi connectivity index (χ0n) is 9.39. The normalized spacial score (nSPS) is 20.3. The zero-order chi connectivity index (χ0) is 9.90. The molecule has 0 aromatic heterocycles. The molecule has 1 N–H and O–H groups in total. The van der Waals surface area contributed by atoms with Crippen molar-refractivity contribution in [1.29, 1.82) is 0 Å². The lowest BCUT2D eigenvalue weighted by Crippen LogP contribution is -2.31. The molecule has 0 amide bonds. The summed E-state index contributed by atoms with van der Waals surface area (Å²) in [5, 5.41) is 3.60. The van der Waals surface area contributed by atoms with E-state index in [1.165, 1.54) is 25.1 Å². The van der Waals surface area contributed by atoms with Gasteiger partial charge in [-0.15, -0.1) is 0 Å². The standard InChI is InChI=1S/C11H23NS/c1-9(8-13-11(2,3)4)12-7-10-5-6-10/h9-10,12H,5-8H2,1-4H3. The Hall–Kier alpha value is 0.310. The summed E-state index contributed by atoms with van der Waals surface area (Å²) < 4.78 is 0.412. The van der Waals surface area contributed by atoms with Gasteiger partial charge in [0.05, 0.1) is 0 Å². The van der Waals surface area contributed by atoms with Gasteiger partial charge in [0.1, 0.15) is 0 Å². The quantitative estimate of drug-likeness (QED) is 0.734. The van der Waals surface area contributed by atoms with Crippen LogP contribution in [0, 0.1) is 5.92 Å². The van der Waals surface area contributed by atoms with Crippen molar-refractivity contribution in [2.24, 2.45) is 5.92 Å². The van der Waals surface area contributed by atoms with Gasteiger partial charge < -0.3 is 5.32 Å². The Labute approximate surface area is 87.1 Å². The Morgan fingerprint density at radius 1 is 1.38 bits per heavy atom. The van der Waals surface area contributed by atoms with Gasteiger partial charge in [0, 0.05) is 16.5 Å². The van der Waals surface area contributed by atoms with Gasteiger partial charge in [0.15, 0.2) is 0 Å². The number of thioether (sulfide) groups is 1. The highest BCUT2D eigenvalue weighted by Gasteiger charge is 2.21. The van der Waals surface area contributed by atoms with E-state index in [-0.39, 0.29) is 0 Å². The third-order valence-electron chi connectivity index (χ3n) is 2.22. The van der Waals surface area contributed by atoms with Crippen LogP contribution in [0.5, 0.6) is 0 Å². The van der Waals surface area contributed by atoms with Gasteiger partial charge in [-0.25, -0.2) is 0 Å². The molecule has 1 fully saturated rings. The van der Waals surface area contributed by atoms with Crippen molar-refractivity contribution in [2.75, 3.05) is 12.3 Å². The Balaban J connectivity index is 1.99. The molecule has 0 heterocycles. The van der Waals surface area contributed by atoms with Crippen LogP contribution in [-0.2, 0) is 0 Å². The molecule has 0 bridgehead atoms. The molecule has 1 aliphatic rings. The van der Waals surface area contributed by atoms with Crippen LogP contribution in [0.25, 0.3) is 0 Å². The van der Waals surface area contributed by atoms with Gasteiger partial charge in [-0.1, -0.05) is 20.8 Å². The maximum Gasteiger partial charge on any atom is 0.0130 e. The van der Waals surface area contributed by atoms with Crippen LogP contribution in [0.2, 0.25) is 0 Å². The van der Waals surface area contributed by atoms with Crippen molar-refractivity contribution in [1.82, 2.24) is 5.32 Å². The van der Waals surface area contributed by atoms with Crippen molar-refractivity contribution >= 4 is 11.8 Å². The lowest BCUT2D eigenvalue weighted by Gasteiger charge is -2.21. The number of nitrogens with one attached hydrogen (secondary N) is 1. The van der Waals surface area contributed by atoms with Crippen molar-refractivity contribution in [3.63, 3.8) is 0 Å². The van der Waals surface area contributed by atoms with E-state index in [4.69, 9.17) is 0 Å². The van der Waals surface area contributed by atoms with E-state index in [0.717, 1.165) is 5.92 Å². The zero-order valence-corrected chi connectivity index (χ0v) is 10.2. The summed E-state index contributed by atoms with van der Waals surface area (Å²) in [5.74, 6) is 2.23. The van der Waals surface area contributed by atoms with Crippen molar-refractivity contribution < 1.29 is 0 Å². The van der Waals surface area contributed by atoms with E-state index >= 15 is 0 Å². The molecule has 0 spiro atoms. The lowest BCUT2D eigenvalue weighted by molar-refractivity contribution is 0.565. The molecule has 0 saturated heterocycles. The van der Waals surface area contributed by atoms with Crippen molar-refractivity contribution in [3.8, 4) is 0 Å². The van der Waals surface area contributed by atoms with Crippen molar-refractivity contribution in [3.05, 3.63) is 0 Å². The molecule has 1 saturated carbocycles. The monoisotopic (exact) mass is 201 g/mol. The highest BCUT2D eigenvalue weighted by Crippen LogP contribution is 2.28. The lowest BCUT2D eigenvalue weighted by atomic mass is 10.3. The van der Waals surface area contributed by atoms with E-state index < -0.39 is 0 Å². The molecule has 1 unspecified atom stereocenters. The molecular weight excluding hydrogens is 178 g/mol. The Morgan fingerprint density at radius 3 is 2.46 bits per heavy atom. The summed E-state index contributed by atoms with van der Waals surface area (Å²) in [6.45, 7) is 10.4. The molecule has 78 valence electrons. The molecule has 1 nitrogen and oxygen atoms in total. The minimum absolute atomic E-state index is 0.412. The first kappa shape index (κ1) is 11.4. The minimum atomic E-state index is 0.412. The Kier molecular flexibility index (Phi) is 4.11. The fourth-order valence-corrected chi connectivity index (χ4v) is 1.99. The first-order chi connectivity index (χ1) is 5.97. The molecular formula is C11H23NS. The third kappa shape index (κ3) is 6.39. The summed E-state index contributed by atoms with van der Waals surface area (Å²) in [7, 11) is 0.